The van der Waals surface area contributed by atoms with Gasteiger partial charge in [-0.2, -0.15) is 0 Å². The normalized spacial score (nSPS) is 14.7. The number of unbranched alkanes of at least 4 members (excludes halogenated alkanes) is 28. The summed E-state index contributed by atoms with van der Waals surface area (Å²) in [5.74, 6) is -1.60. The van der Waals surface area contributed by atoms with Crippen LogP contribution in [0.15, 0.2) is 146 Å². The van der Waals surface area contributed by atoms with Crippen LogP contribution in [0.2, 0.25) is 0 Å². The van der Waals surface area contributed by atoms with Gasteiger partial charge in [0.15, 0.2) is 6.10 Å². The molecule has 0 saturated carbocycles. The second kappa shape index (κ2) is 77.1. The Morgan fingerprint density at radius 3 is 0.767 bits per heavy atom. The smallest absolute Gasteiger partial charge is 0.463 e. The summed E-state index contributed by atoms with van der Waals surface area (Å²) < 4.78 is 61.1. The van der Waals surface area contributed by atoms with E-state index in [0.717, 1.165) is 193 Å². The third-order valence-corrected chi connectivity index (χ3v) is 18.4. The average molecular weight is 1480 g/mol. The molecule has 5 unspecified atom stereocenters. The predicted octanol–water partition coefficient (Wildman–Crippen LogP) is 23.7. The number of phosphoric acid groups is 2. The molecule has 0 fully saturated rings. The minimum atomic E-state index is -4.94. The van der Waals surface area contributed by atoms with Crippen LogP contribution < -0.4 is 0 Å². The van der Waals surface area contributed by atoms with E-state index >= 15 is 0 Å². The van der Waals surface area contributed by atoms with E-state index in [-0.39, 0.29) is 19.3 Å². The highest BCUT2D eigenvalue weighted by Gasteiger charge is 2.29. The molecule has 0 heterocycles. The van der Waals surface area contributed by atoms with Crippen LogP contribution in [0.3, 0.4) is 0 Å². The van der Waals surface area contributed by atoms with Gasteiger partial charge in [0, 0.05) is 19.3 Å². The molecule has 5 atom stereocenters. The predicted molar refractivity (Wildman–Crippen MR) is 426 cm³/mol. The number of esters is 3. The fraction of sp³-hybridized carbons (Fsp3) is 0.682. The van der Waals surface area contributed by atoms with E-state index in [0.29, 0.717) is 19.3 Å². The molecule has 0 aromatic rings. The quantitative estimate of drug-likeness (QED) is 0.0146. The van der Waals surface area contributed by atoms with Gasteiger partial charge in [-0.3, -0.25) is 32.5 Å². The molecule has 0 aromatic carbocycles. The van der Waals surface area contributed by atoms with Crippen molar-refractivity contribution in [2.24, 2.45) is 0 Å². The van der Waals surface area contributed by atoms with Crippen molar-refractivity contribution in [2.75, 3.05) is 39.6 Å². The average Bonchev–Trinajstić information content (AvgIpc) is 0.915. The molecule has 103 heavy (non-hydrogen) atoms. The first-order chi connectivity index (χ1) is 50.2. The number of allylic oxidation sites excluding steroid dienone is 24. The van der Waals surface area contributed by atoms with Crippen molar-refractivity contribution in [3.05, 3.63) is 146 Å². The Labute approximate surface area is 626 Å². The Kier molecular flexibility index (Phi) is 73.6. The van der Waals surface area contributed by atoms with Gasteiger partial charge in [0.1, 0.15) is 25.4 Å². The molecule has 590 valence electrons. The van der Waals surface area contributed by atoms with Crippen molar-refractivity contribution in [3.8, 4) is 0 Å². The van der Waals surface area contributed by atoms with Crippen molar-refractivity contribution in [1.29, 1.82) is 0 Å². The first-order valence-corrected chi connectivity index (χ1v) is 43.1. The second-order valence-electron chi connectivity index (χ2n) is 26.4. The van der Waals surface area contributed by atoms with Crippen LogP contribution in [-0.2, 0) is 55.8 Å². The Bertz CT molecular complexity index is 2450. The van der Waals surface area contributed by atoms with Gasteiger partial charge >= 0.3 is 33.6 Å². The molecule has 16 nitrogen and oxygen atoms in total. The lowest BCUT2D eigenvalue weighted by molar-refractivity contribution is -0.161. The molecule has 0 rings (SSSR count). The molecule has 18 heteroatoms. The third-order valence-electron chi connectivity index (χ3n) is 16.5. The van der Waals surface area contributed by atoms with E-state index in [4.69, 9.17) is 32.3 Å². The number of aliphatic hydroxyl groups is 2. The maximum absolute atomic E-state index is 13.0. The van der Waals surface area contributed by atoms with E-state index in [1.54, 1.807) is 0 Å². The molecule has 0 saturated heterocycles. The minimum absolute atomic E-state index is 0.0885. The molecule has 0 aliphatic heterocycles. The summed E-state index contributed by atoms with van der Waals surface area (Å²) >= 11 is 0. The molecular formula is C85H144O16P2. The van der Waals surface area contributed by atoms with Crippen molar-refractivity contribution < 1.29 is 75.8 Å². The lowest BCUT2D eigenvalue weighted by Gasteiger charge is -2.21. The second-order valence-corrected chi connectivity index (χ2v) is 29.3. The number of phosphoric ester groups is 2. The van der Waals surface area contributed by atoms with E-state index in [1.807, 2.05) is 0 Å². The molecule has 4 N–H and O–H groups in total. The fourth-order valence-electron chi connectivity index (χ4n) is 10.5. The molecule has 0 spiro atoms. The van der Waals surface area contributed by atoms with E-state index in [2.05, 4.69) is 167 Å². The number of carbonyl (C=O) groups is 3. The van der Waals surface area contributed by atoms with Crippen molar-refractivity contribution >= 4 is 33.6 Å². The lowest BCUT2D eigenvalue weighted by atomic mass is 10.0. The number of hydrogen-bond donors (Lipinski definition) is 4. The third kappa shape index (κ3) is 78.3. The van der Waals surface area contributed by atoms with Crippen LogP contribution in [0, 0.1) is 0 Å². The Hall–Kier alpha value is -4.57. The van der Waals surface area contributed by atoms with Gasteiger partial charge in [0.2, 0.25) is 0 Å². The Balaban J connectivity index is 4.47. The highest BCUT2D eigenvalue weighted by molar-refractivity contribution is 7.47. The van der Waals surface area contributed by atoms with E-state index in [9.17, 15) is 43.5 Å². The zero-order valence-corrected chi connectivity index (χ0v) is 66.2. The molecule has 0 amide bonds. The summed E-state index contributed by atoms with van der Waals surface area (Å²) in [6.45, 7) is 2.33. The number of carbonyl (C=O) groups excluding carboxylic acids is 3. The standard InChI is InChI=1S/C85H144O16P2/c1-4-7-10-13-16-19-22-25-28-31-32-33-34-35-36-37-38-39-40-41-42-43-44-45-46-49-51-53-56-59-62-65-68-71-83(88)95-74-80(86)75-97-102(91,92)98-76-81(87)77-99-103(93,94)100-79-82(101-85(90)73-70-67-64-61-58-55-52-48-30-27-24-21-18-15-12-9-6-3)78-96-84(89)72-69-66-63-60-57-54-50-47-29-26-23-20-17-14-11-8-5-2/h7-12,16-21,25-30,32-33,35-36,38-39,80-82,86-87H,4-6,13-15,22-24,31,34,37,40-79H2,1-3H3,(H,91,92)(H,93,94)/b10-7-,11-8-,12-9-,19-16-,20-17-,21-18-,28-25-,29-26-,30-27-,33-32-,36-35-,39-38-. The summed E-state index contributed by atoms with van der Waals surface area (Å²) in [4.78, 5) is 58.7. The largest absolute Gasteiger partial charge is 0.472 e. The van der Waals surface area contributed by atoms with Crippen LogP contribution in [0.1, 0.15) is 316 Å². The highest BCUT2D eigenvalue weighted by Crippen LogP contribution is 2.45. The maximum Gasteiger partial charge on any atom is 0.472 e. The topological polar surface area (TPSA) is 231 Å². The Morgan fingerprint density at radius 2 is 0.485 bits per heavy atom. The van der Waals surface area contributed by atoms with Gasteiger partial charge in [-0.15, -0.1) is 0 Å². The van der Waals surface area contributed by atoms with Crippen LogP contribution in [0.5, 0.6) is 0 Å². The zero-order valence-electron chi connectivity index (χ0n) is 64.4. The SMILES string of the molecule is CC/C=C\C/C=C\C/C=C\C/C=C\C/C=C\C/C=C\CCCCCCCCCCCCCCCCC(=O)OCC(O)COP(=O)(O)OCC(O)COP(=O)(O)OCC(COC(=O)CCCCCCCCC/C=C\C/C=C\C/C=C\CC)OC(=O)CCCCCCCCC/C=C\C/C=C\C/C=C\CC. The van der Waals surface area contributed by atoms with Gasteiger partial charge in [0.05, 0.1) is 26.4 Å². The van der Waals surface area contributed by atoms with Gasteiger partial charge in [-0.25, -0.2) is 9.13 Å². The van der Waals surface area contributed by atoms with Crippen LogP contribution in [-0.4, -0.2) is 95.9 Å². The van der Waals surface area contributed by atoms with E-state index < -0.39 is 91.5 Å². The molecule has 0 aliphatic carbocycles. The maximum atomic E-state index is 13.0. The summed E-state index contributed by atoms with van der Waals surface area (Å²) in [6.07, 6.45) is 94.7. The van der Waals surface area contributed by atoms with E-state index in [1.165, 1.54) is 64.2 Å². The Morgan fingerprint density at radius 1 is 0.272 bits per heavy atom. The summed E-state index contributed by atoms with van der Waals surface area (Å²) in [6, 6.07) is 0. The zero-order chi connectivity index (χ0) is 75.2. The van der Waals surface area contributed by atoms with Gasteiger partial charge < -0.3 is 34.2 Å². The number of ether oxygens (including phenoxy) is 3. The molecule has 0 radical (unpaired) electrons. The summed E-state index contributed by atoms with van der Waals surface area (Å²) in [5, 5.41) is 20.6. The number of aliphatic hydroxyl groups excluding tert-OH is 2. The first kappa shape index (κ1) is 98.4. The van der Waals surface area contributed by atoms with Crippen molar-refractivity contribution in [3.63, 3.8) is 0 Å². The van der Waals surface area contributed by atoms with Crippen LogP contribution >= 0.6 is 15.6 Å². The lowest BCUT2D eigenvalue weighted by Crippen LogP contribution is -2.30. The number of rotatable bonds is 75. The van der Waals surface area contributed by atoms with Gasteiger partial charge in [0.25, 0.3) is 0 Å². The first-order valence-electron chi connectivity index (χ1n) is 40.1. The number of hydrogen-bond acceptors (Lipinski definition) is 14. The molecule has 0 aliphatic rings. The molecule has 0 aromatic heterocycles. The summed E-state index contributed by atoms with van der Waals surface area (Å²) in [5.41, 5.74) is 0. The highest BCUT2D eigenvalue weighted by atomic mass is 31.2. The molecular weight excluding hydrogens is 1340 g/mol. The van der Waals surface area contributed by atoms with Crippen molar-refractivity contribution in [2.45, 2.75) is 334 Å². The van der Waals surface area contributed by atoms with Crippen LogP contribution in [0.25, 0.3) is 0 Å². The fourth-order valence-corrected chi connectivity index (χ4v) is 12.1. The van der Waals surface area contributed by atoms with Crippen LogP contribution in [0.4, 0.5) is 0 Å². The monoisotopic (exact) mass is 1480 g/mol. The van der Waals surface area contributed by atoms with Gasteiger partial charge in [-0.05, 0) is 135 Å². The van der Waals surface area contributed by atoms with Crippen molar-refractivity contribution in [1.82, 2.24) is 0 Å². The summed E-state index contributed by atoms with van der Waals surface area (Å²) in [7, 11) is -9.80. The minimum Gasteiger partial charge on any atom is -0.463 e. The molecule has 0 bridgehead atoms. The van der Waals surface area contributed by atoms with Gasteiger partial charge in [-0.1, -0.05) is 308 Å².